The van der Waals surface area contributed by atoms with Gasteiger partial charge in [-0.05, 0) is 25.8 Å². The molecule has 2 heterocycles. The normalized spacial score (nSPS) is 15.3. The standard InChI is InChI=1S/C15H20N4O/c1-10-5-3-6-12(14(10)20)9-16-11(2)15-18-17-13-7-4-8-19(13)15/h3,5-6,11,16,20H,4,7-9H2,1-2H3. The summed E-state index contributed by atoms with van der Waals surface area (Å²) in [6, 6.07) is 5.93. The van der Waals surface area contributed by atoms with Crippen LogP contribution in [0.4, 0.5) is 0 Å². The summed E-state index contributed by atoms with van der Waals surface area (Å²) in [6.45, 7) is 5.63. The molecule has 2 aromatic rings. The van der Waals surface area contributed by atoms with Crippen molar-refractivity contribution in [2.24, 2.45) is 0 Å². The number of hydrogen-bond acceptors (Lipinski definition) is 4. The number of rotatable bonds is 4. The molecule has 0 amide bonds. The van der Waals surface area contributed by atoms with Crippen LogP contribution in [0.2, 0.25) is 0 Å². The van der Waals surface area contributed by atoms with E-state index in [1.165, 1.54) is 0 Å². The van der Waals surface area contributed by atoms with Crippen LogP contribution in [0.3, 0.4) is 0 Å². The fourth-order valence-electron chi connectivity index (χ4n) is 2.71. The summed E-state index contributed by atoms with van der Waals surface area (Å²) >= 11 is 0. The smallest absolute Gasteiger partial charge is 0.149 e. The molecule has 1 atom stereocenters. The number of hydrogen-bond donors (Lipinski definition) is 2. The van der Waals surface area contributed by atoms with Gasteiger partial charge in [0.2, 0.25) is 0 Å². The van der Waals surface area contributed by atoms with Crippen molar-refractivity contribution in [2.75, 3.05) is 0 Å². The minimum atomic E-state index is 0.120. The third-order valence-electron chi connectivity index (χ3n) is 3.95. The zero-order valence-electron chi connectivity index (χ0n) is 11.9. The highest BCUT2D eigenvalue weighted by Crippen LogP contribution is 2.23. The summed E-state index contributed by atoms with van der Waals surface area (Å²) in [4.78, 5) is 0. The Morgan fingerprint density at radius 1 is 1.40 bits per heavy atom. The predicted molar refractivity (Wildman–Crippen MR) is 76.4 cm³/mol. The Bertz CT molecular complexity index is 620. The summed E-state index contributed by atoms with van der Waals surface area (Å²) in [5.74, 6) is 2.45. The predicted octanol–water partition coefficient (Wildman–Crippen LogP) is 2.09. The second-order valence-corrected chi connectivity index (χ2v) is 5.41. The van der Waals surface area contributed by atoms with Crippen molar-refractivity contribution in [1.82, 2.24) is 20.1 Å². The van der Waals surface area contributed by atoms with Gasteiger partial charge in [-0.15, -0.1) is 10.2 Å². The van der Waals surface area contributed by atoms with Crippen molar-refractivity contribution in [3.05, 3.63) is 41.0 Å². The quantitative estimate of drug-likeness (QED) is 0.894. The lowest BCUT2D eigenvalue weighted by Gasteiger charge is -2.15. The van der Waals surface area contributed by atoms with Gasteiger partial charge in [0.15, 0.2) is 0 Å². The van der Waals surface area contributed by atoms with Crippen LogP contribution >= 0.6 is 0 Å². The average molecular weight is 272 g/mol. The zero-order valence-corrected chi connectivity index (χ0v) is 11.9. The molecule has 3 rings (SSSR count). The second kappa shape index (κ2) is 5.25. The van der Waals surface area contributed by atoms with E-state index in [0.717, 1.165) is 42.2 Å². The molecule has 5 heteroatoms. The second-order valence-electron chi connectivity index (χ2n) is 5.41. The van der Waals surface area contributed by atoms with Crippen LogP contribution in [-0.4, -0.2) is 19.9 Å². The number of nitrogens with zero attached hydrogens (tertiary/aromatic N) is 3. The molecular weight excluding hydrogens is 252 g/mol. The summed E-state index contributed by atoms with van der Waals surface area (Å²) < 4.78 is 2.20. The highest BCUT2D eigenvalue weighted by Gasteiger charge is 2.21. The first-order valence-electron chi connectivity index (χ1n) is 7.09. The first-order valence-corrected chi connectivity index (χ1v) is 7.09. The summed E-state index contributed by atoms with van der Waals surface area (Å²) in [5.41, 5.74) is 1.82. The highest BCUT2D eigenvalue weighted by molar-refractivity contribution is 5.39. The molecule has 0 aliphatic carbocycles. The van der Waals surface area contributed by atoms with Gasteiger partial charge in [-0.2, -0.15) is 0 Å². The average Bonchev–Trinajstić information content (AvgIpc) is 3.02. The van der Waals surface area contributed by atoms with Crippen molar-refractivity contribution in [3.63, 3.8) is 0 Å². The molecule has 0 saturated heterocycles. The first-order chi connectivity index (χ1) is 9.66. The molecule has 1 aliphatic rings. The van der Waals surface area contributed by atoms with E-state index in [-0.39, 0.29) is 6.04 Å². The van der Waals surface area contributed by atoms with Crippen LogP contribution < -0.4 is 5.32 Å². The largest absolute Gasteiger partial charge is 0.507 e. The third-order valence-corrected chi connectivity index (χ3v) is 3.95. The molecule has 0 bridgehead atoms. The van der Waals surface area contributed by atoms with Crippen LogP contribution in [0.15, 0.2) is 18.2 Å². The molecule has 1 aliphatic heterocycles. The lowest BCUT2D eigenvalue weighted by atomic mass is 10.1. The van der Waals surface area contributed by atoms with E-state index in [2.05, 4.69) is 27.0 Å². The third kappa shape index (κ3) is 2.29. The first kappa shape index (κ1) is 13.1. The molecule has 0 fully saturated rings. The van der Waals surface area contributed by atoms with Gasteiger partial charge in [-0.1, -0.05) is 18.2 Å². The molecule has 5 nitrogen and oxygen atoms in total. The van der Waals surface area contributed by atoms with Crippen LogP contribution in [-0.2, 0) is 19.5 Å². The van der Waals surface area contributed by atoms with Crippen molar-refractivity contribution in [1.29, 1.82) is 0 Å². The molecule has 0 spiro atoms. The van der Waals surface area contributed by atoms with Crippen LogP contribution in [0.5, 0.6) is 5.75 Å². The van der Waals surface area contributed by atoms with Crippen LogP contribution in [0.1, 0.15) is 42.2 Å². The number of aromatic nitrogens is 3. The van der Waals surface area contributed by atoms with Gasteiger partial charge in [0.25, 0.3) is 0 Å². The number of nitrogens with one attached hydrogen (secondary N) is 1. The van der Waals surface area contributed by atoms with E-state index < -0.39 is 0 Å². The maximum atomic E-state index is 10.0. The van der Waals surface area contributed by atoms with Gasteiger partial charge in [0.1, 0.15) is 17.4 Å². The monoisotopic (exact) mass is 272 g/mol. The Balaban J connectivity index is 1.70. The number of para-hydroxylation sites is 1. The fraction of sp³-hybridized carbons (Fsp3) is 0.467. The summed E-state index contributed by atoms with van der Waals surface area (Å²) in [5, 5.41) is 21.9. The van der Waals surface area contributed by atoms with Crippen LogP contribution in [0, 0.1) is 6.92 Å². The Morgan fingerprint density at radius 2 is 2.25 bits per heavy atom. The number of aromatic hydroxyl groups is 1. The molecule has 106 valence electrons. The number of phenolic OH excluding ortho intramolecular Hbond substituents is 1. The lowest BCUT2D eigenvalue weighted by Crippen LogP contribution is -2.21. The van der Waals surface area contributed by atoms with Crippen molar-refractivity contribution in [3.8, 4) is 5.75 Å². The molecule has 0 saturated carbocycles. The Hall–Kier alpha value is -1.88. The zero-order chi connectivity index (χ0) is 14.1. The van der Waals surface area contributed by atoms with E-state index in [9.17, 15) is 5.11 Å². The fourth-order valence-corrected chi connectivity index (χ4v) is 2.71. The van der Waals surface area contributed by atoms with Gasteiger partial charge in [-0.3, -0.25) is 0 Å². The topological polar surface area (TPSA) is 63.0 Å². The minimum absolute atomic E-state index is 0.120. The van der Waals surface area contributed by atoms with E-state index in [0.29, 0.717) is 12.3 Å². The molecule has 2 N–H and O–H groups in total. The van der Waals surface area contributed by atoms with Gasteiger partial charge >= 0.3 is 0 Å². The Kier molecular flexibility index (Phi) is 3.44. The van der Waals surface area contributed by atoms with Gasteiger partial charge in [-0.25, -0.2) is 0 Å². The maximum absolute atomic E-state index is 10.0. The number of fused-ring (bicyclic) bond motifs is 1. The summed E-state index contributed by atoms with van der Waals surface area (Å²) in [7, 11) is 0. The van der Waals surface area contributed by atoms with Gasteiger partial charge < -0.3 is 15.0 Å². The highest BCUT2D eigenvalue weighted by atomic mass is 16.3. The van der Waals surface area contributed by atoms with Crippen molar-refractivity contribution < 1.29 is 5.11 Å². The Labute approximate surface area is 118 Å². The van der Waals surface area contributed by atoms with Crippen molar-refractivity contribution in [2.45, 2.75) is 45.8 Å². The van der Waals surface area contributed by atoms with E-state index in [1.54, 1.807) is 0 Å². The number of aryl methyl sites for hydroxylation is 2. The summed E-state index contributed by atoms with van der Waals surface area (Å²) in [6.07, 6.45) is 2.18. The van der Waals surface area contributed by atoms with Gasteiger partial charge in [0.05, 0.1) is 6.04 Å². The molecule has 20 heavy (non-hydrogen) atoms. The number of benzene rings is 1. The lowest BCUT2D eigenvalue weighted by molar-refractivity contribution is 0.452. The minimum Gasteiger partial charge on any atom is -0.507 e. The molecule has 1 unspecified atom stereocenters. The molecular formula is C15H20N4O. The Morgan fingerprint density at radius 3 is 3.10 bits per heavy atom. The number of phenols is 1. The van der Waals surface area contributed by atoms with E-state index in [1.807, 2.05) is 25.1 Å². The van der Waals surface area contributed by atoms with E-state index in [4.69, 9.17) is 0 Å². The van der Waals surface area contributed by atoms with E-state index >= 15 is 0 Å². The molecule has 1 aromatic heterocycles. The van der Waals surface area contributed by atoms with Gasteiger partial charge in [0, 0.05) is 25.1 Å². The maximum Gasteiger partial charge on any atom is 0.149 e. The van der Waals surface area contributed by atoms with Crippen LogP contribution in [0.25, 0.3) is 0 Å². The SMILES string of the molecule is Cc1cccc(CNC(C)c2nnc3n2CCC3)c1O. The molecule has 1 aromatic carbocycles. The van der Waals surface area contributed by atoms with Crippen molar-refractivity contribution >= 4 is 0 Å². The molecule has 0 radical (unpaired) electrons.